The Kier molecular flexibility index (Phi) is 7.39. The molecule has 4 nitrogen and oxygen atoms in total. The smallest absolute Gasteiger partial charge is 0.237 e. The van der Waals surface area contributed by atoms with Crippen LogP contribution in [-0.4, -0.2) is 42.5 Å². The lowest BCUT2D eigenvalue weighted by Crippen LogP contribution is -2.53. The Bertz CT molecular complexity index is 270. The third kappa shape index (κ3) is 5.11. The predicted molar refractivity (Wildman–Crippen MR) is 79.9 cm³/mol. The predicted octanol–water partition coefficient (Wildman–Crippen LogP) is 1.74. The van der Waals surface area contributed by atoms with Crippen LogP contribution < -0.4 is 11.1 Å². The quantitative estimate of drug-likeness (QED) is 0.692. The lowest BCUT2D eigenvalue weighted by Gasteiger charge is -2.40. The molecular formula is C15H31N3O. The van der Waals surface area contributed by atoms with Crippen molar-refractivity contribution in [2.45, 2.75) is 65.0 Å². The van der Waals surface area contributed by atoms with Crippen LogP contribution in [0.2, 0.25) is 0 Å². The van der Waals surface area contributed by atoms with E-state index >= 15 is 0 Å². The number of amides is 1. The van der Waals surface area contributed by atoms with Crippen molar-refractivity contribution >= 4 is 5.91 Å². The van der Waals surface area contributed by atoms with Crippen LogP contribution in [-0.2, 0) is 4.79 Å². The summed E-state index contributed by atoms with van der Waals surface area (Å²) in [5.74, 6) is 0.715. The average molecular weight is 269 g/mol. The number of nitrogens with one attached hydrogen (secondary N) is 1. The summed E-state index contributed by atoms with van der Waals surface area (Å²) < 4.78 is 0. The number of likely N-dealkylation sites (tertiary alicyclic amines) is 1. The lowest BCUT2D eigenvalue weighted by molar-refractivity contribution is -0.127. The van der Waals surface area contributed by atoms with Crippen molar-refractivity contribution in [3.63, 3.8) is 0 Å². The molecule has 1 aliphatic heterocycles. The van der Waals surface area contributed by atoms with Gasteiger partial charge in [0.25, 0.3) is 0 Å². The van der Waals surface area contributed by atoms with Gasteiger partial charge in [0.2, 0.25) is 5.91 Å². The fourth-order valence-electron chi connectivity index (χ4n) is 2.83. The zero-order chi connectivity index (χ0) is 14.3. The van der Waals surface area contributed by atoms with E-state index in [1.807, 2.05) is 6.92 Å². The number of rotatable bonds is 7. The fourth-order valence-corrected chi connectivity index (χ4v) is 2.83. The third-order valence-electron chi connectivity index (χ3n) is 4.32. The normalized spacial score (nSPS) is 26.1. The van der Waals surface area contributed by atoms with E-state index in [9.17, 15) is 4.79 Å². The van der Waals surface area contributed by atoms with Crippen molar-refractivity contribution in [3.05, 3.63) is 0 Å². The molecule has 0 aromatic rings. The molecule has 0 aromatic heterocycles. The van der Waals surface area contributed by atoms with E-state index in [-0.39, 0.29) is 11.9 Å². The van der Waals surface area contributed by atoms with E-state index in [2.05, 4.69) is 24.1 Å². The zero-order valence-corrected chi connectivity index (χ0v) is 12.8. The number of unbranched alkanes of at least 4 members (excludes halogenated alkanes) is 2. The first kappa shape index (κ1) is 16.4. The van der Waals surface area contributed by atoms with Gasteiger partial charge in [0, 0.05) is 19.1 Å². The second-order valence-electron chi connectivity index (χ2n) is 5.90. The molecule has 0 aliphatic carbocycles. The van der Waals surface area contributed by atoms with Crippen molar-refractivity contribution in [1.29, 1.82) is 0 Å². The Hall–Kier alpha value is -0.610. The number of nitrogens with zero attached hydrogens (tertiary/aromatic N) is 1. The van der Waals surface area contributed by atoms with Crippen LogP contribution in [0.4, 0.5) is 0 Å². The molecule has 4 heteroatoms. The monoisotopic (exact) mass is 269 g/mol. The highest BCUT2D eigenvalue weighted by molar-refractivity contribution is 5.81. The second kappa shape index (κ2) is 8.54. The number of piperidine rings is 1. The summed E-state index contributed by atoms with van der Waals surface area (Å²) in [6.07, 6.45) is 5.79. The molecule has 0 radical (unpaired) electrons. The lowest BCUT2D eigenvalue weighted by atomic mass is 9.92. The van der Waals surface area contributed by atoms with Gasteiger partial charge >= 0.3 is 0 Å². The Labute approximate surface area is 118 Å². The van der Waals surface area contributed by atoms with Crippen molar-refractivity contribution < 1.29 is 4.79 Å². The average Bonchev–Trinajstić information content (AvgIpc) is 2.43. The molecule has 0 aromatic carbocycles. The SMILES string of the molecule is CCCCCNC(=O)C(C)N1CC(CN)CCC1C. The van der Waals surface area contributed by atoms with Gasteiger partial charge in [-0.25, -0.2) is 0 Å². The molecular weight excluding hydrogens is 238 g/mol. The number of nitrogens with two attached hydrogens (primary N) is 1. The first-order chi connectivity index (χ1) is 9.10. The van der Waals surface area contributed by atoms with Crippen LogP contribution >= 0.6 is 0 Å². The molecule has 3 unspecified atom stereocenters. The molecule has 3 atom stereocenters. The topological polar surface area (TPSA) is 58.4 Å². The van der Waals surface area contributed by atoms with Gasteiger partial charge in [-0.1, -0.05) is 19.8 Å². The van der Waals surface area contributed by atoms with Gasteiger partial charge in [0.1, 0.15) is 0 Å². The first-order valence-corrected chi connectivity index (χ1v) is 7.83. The largest absolute Gasteiger partial charge is 0.355 e. The van der Waals surface area contributed by atoms with Crippen LogP contribution in [0.15, 0.2) is 0 Å². The molecule has 0 saturated carbocycles. The maximum Gasteiger partial charge on any atom is 0.237 e. The summed E-state index contributed by atoms with van der Waals surface area (Å²) in [4.78, 5) is 14.5. The standard InChI is InChI=1S/C15H31N3O/c1-4-5-6-9-17-15(19)13(3)18-11-14(10-16)8-7-12(18)2/h12-14H,4-11,16H2,1-3H3,(H,17,19). The third-order valence-corrected chi connectivity index (χ3v) is 4.32. The Balaban J connectivity index is 2.40. The summed E-state index contributed by atoms with van der Waals surface area (Å²) in [6.45, 7) is 8.90. The number of carbonyl (C=O) groups excluding carboxylic acids is 1. The van der Waals surface area contributed by atoms with Crippen molar-refractivity contribution in [2.75, 3.05) is 19.6 Å². The zero-order valence-electron chi connectivity index (χ0n) is 12.8. The van der Waals surface area contributed by atoms with Gasteiger partial charge in [-0.2, -0.15) is 0 Å². The number of hydrogen-bond acceptors (Lipinski definition) is 3. The van der Waals surface area contributed by atoms with Gasteiger partial charge in [0.05, 0.1) is 6.04 Å². The molecule has 1 saturated heterocycles. The highest BCUT2D eigenvalue weighted by Crippen LogP contribution is 2.23. The van der Waals surface area contributed by atoms with Crippen LogP contribution in [0, 0.1) is 5.92 Å². The minimum absolute atomic E-state index is 0.0361. The molecule has 1 aliphatic rings. The van der Waals surface area contributed by atoms with Crippen molar-refractivity contribution in [1.82, 2.24) is 10.2 Å². The molecule has 0 spiro atoms. The van der Waals surface area contributed by atoms with Gasteiger partial charge in [-0.05, 0) is 45.6 Å². The number of hydrogen-bond donors (Lipinski definition) is 2. The van der Waals surface area contributed by atoms with Crippen molar-refractivity contribution in [2.24, 2.45) is 11.7 Å². The molecule has 19 heavy (non-hydrogen) atoms. The Morgan fingerprint density at radius 3 is 2.79 bits per heavy atom. The van der Waals surface area contributed by atoms with E-state index < -0.39 is 0 Å². The molecule has 1 amide bonds. The highest BCUT2D eigenvalue weighted by Gasteiger charge is 2.31. The fraction of sp³-hybridized carbons (Fsp3) is 0.933. The second-order valence-corrected chi connectivity index (χ2v) is 5.90. The van der Waals surface area contributed by atoms with Crippen molar-refractivity contribution in [3.8, 4) is 0 Å². The Morgan fingerprint density at radius 1 is 1.42 bits per heavy atom. The first-order valence-electron chi connectivity index (χ1n) is 7.83. The maximum atomic E-state index is 12.2. The summed E-state index contributed by atoms with van der Waals surface area (Å²) >= 11 is 0. The summed E-state index contributed by atoms with van der Waals surface area (Å²) in [5.41, 5.74) is 5.77. The highest BCUT2D eigenvalue weighted by atomic mass is 16.2. The van der Waals surface area contributed by atoms with Gasteiger partial charge in [-0.15, -0.1) is 0 Å². The van der Waals surface area contributed by atoms with Crippen LogP contribution in [0.5, 0.6) is 0 Å². The van der Waals surface area contributed by atoms with E-state index in [4.69, 9.17) is 5.73 Å². The molecule has 1 rings (SSSR count). The minimum Gasteiger partial charge on any atom is -0.355 e. The van der Waals surface area contributed by atoms with E-state index in [1.54, 1.807) is 0 Å². The van der Waals surface area contributed by atoms with Crippen LogP contribution in [0.1, 0.15) is 52.9 Å². The van der Waals surface area contributed by atoms with E-state index in [0.717, 1.165) is 32.5 Å². The molecule has 1 fully saturated rings. The van der Waals surface area contributed by atoms with Crippen LogP contribution in [0.3, 0.4) is 0 Å². The maximum absolute atomic E-state index is 12.2. The van der Waals surface area contributed by atoms with E-state index in [1.165, 1.54) is 19.3 Å². The molecule has 1 heterocycles. The minimum atomic E-state index is -0.0361. The van der Waals surface area contributed by atoms with Gasteiger partial charge in [-0.3, -0.25) is 9.69 Å². The molecule has 3 N–H and O–H groups in total. The summed E-state index contributed by atoms with van der Waals surface area (Å²) in [7, 11) is 0. The van der Waals surface area contributed by atoms with Crippen LogP contribution in [0.25, 0.3) is 0 Å². The summed E-state index contributed by atoms with van der Waals surface area (Å²) in [5, 5.41) is 3.06. The molecule has 0 bridgehead atoms. The van der Waals surface area contributed by atoms with Gasteiger partial charge < -0.3 is 11.1 Å². The number of carbonyl (C=O) groups is 1. The molecule has 112 valence electrons. The van der Waals surface area contributed by atoms with E-state index in [0.29, 0.717) is 12.0 Å². The van der Waals surface area contributed by atoms with Gasteiger partial charge in [0.15, 0.2) is 0 Å². The summed E-state index contributed by atoms with van der Waals surface area (Å²) in [6, 6.07) is 0.449. The Morgan fingerprint density at radius 2 is 2.16 bits per heavy atom.